The minimum absolute atomic E-state index is 0.0494. The van der Waals surface area contributed by atoms with Gasteiger partial charge in [0.1, 0.15) is 11.6 Å². The van der Waals surface area contributed by atoms with Crippen molar-refractivity contribution in [3.63, 3.8) is 0 Å². The maximum atomic E-state index is 15.8. The molecule has 394 valence electrons. The van der Waals surface area contributed by atoms with Crippen LogP contribution in [0.25, 0.3) is 22.3 Å². The molecule has 4 heterocycles. The number of amides is 2. The van der Waals surface area contributed by atoms with Crippen LogP contribution in [0.15, 0.2) is 102 Å². The van der Waals surface area contributed by atoms with Gasteiger partial charge < -0.3 is 50.0 Å². The number of nitrogens with one attached hydrogen (secondary N) is 4. The Morgan fingerprint density at radius 1 is 0.781 bits per heavy atom. The minimum atomic E-state index is -0.279. The third-order valence-corrected chi connectivity index (χ3v) is 15.7. The van der Waals surface area contributed by atoms with Crippen LogP contribution in [-0.4, -0.2) is 143 Å². The summed E-state index contributed by atoms with van der Waals surface area (Å²) in [6.45, 7) is 21.5. The fourth-order valence-electron chi connectivity index (χ4n) is 10.2. The fourth-order valence-corrected chi connectivity index (χ4v) is 11.4. The lowest BCUT2D eigenvalue weighted by Crippen LogP contribution is -2.43. The lowest BCUT2D eigenvalue weighted by Gasteiger charge is -2.40. The molecule has 73 heavy (non-hydrogen) atoms. The molecule has 3 aromatic rings. The van der Waals surface area contributed by atoms with Gasteiger partial charge in [0, 0.05) is 127 Å². The standard InChI is InChI=1S/C57H77FN8O6S/c1-39-13-20-53(41(3)64(39)5)66-40(2)47-11-9-12-52(54(47)57(66)68)61-25-30-69-27-7-6-8-28-70-31-33-72-34-32-71-29-24-60-22-10-26-65(45-15-16-45)73-46-17-19-48(51(58)37-46)44-36-50(55(59-4)63-38-44)42-14-18-49-43(35-42)21-23-62-56(49)67/h14,17-19,35-38,45,47,53,60-61H,1-3,6-13,15-16,20-34H2,4-5H3,(H,59,63)(H,62,67). The van der Waals surface area contributed by atoms with Crippen LogP contribution in [0.5, 0.6) is 0 Å². The van der Waals surface area contributed by atoms with Gasteiger partial charge >= 0.3 is 0 Å². The second-order valence-corrected chi connectivity index (χ2v) is 20.7. The predicted molar refractivity (Wildman–Crippen MR) is 288 cm³/mol. The second-order valence-electron chi connectivity index (χ2n) is 19.6. The molecule has 2 amide bonds. The first-order chi connectivity index (χ1) is 35.6. The van der Waals surface area contributed by atoms with E-state index in [1.165, 1.54) is 0 Å². The van der Waals surface area contributed by atoms with E-state index in [9.17, 15) is 9.59 Å². The Kier molecular flexibility index (Phi) is 20.0. The van der Waals surface area contributed by atoms with E-state index in [1.807, 2.05) is 60.3 Å². The van der Waals surface area contributed by atoms with Crippen molar-refractivity contribution < 1.29 is 32.9 Å². The molecule has 5 aliphatic rings. The van der Waals surface area contributed by atoms with Crippen LogP contribution in [0.2, 0.25) is 0 Å². The molecule has 2 aromatic carbocycles. The number of nitrogens with zero attached hydrogens (tertiary/aromatic N) is 4. The molecule has 0 radical (unpaired) electrons. The Morgan fingerprint density at radius 3 is 2.29 bits per heavy atom. The normalized spacial score (nSPS) is 19.0. The highest BCUT2D eigenvalue weighted by atomic mass is 32.2. The van der Waals surface area contributed by atoms with Crippen LogP contribution in [0.4, 0.5) is 10.2 Å². The van der Waals surface area contributed by atoms with Crippen molar-refractivity contribution in [3.8, 4) is 22.3 Å². The van der Waals surface area contributed by atoms with E-state index in [2.05, 4.69) is 50.3 Å². The van der Waals surface area contributed by atoms with E-state index in [-0.39, 0.29) is 29.6 Å². The molecule has 1 aromatic heterocycles. The average molecular weight is 1020 g/mol. The zero-order valence-electron chi connectivity index (χ0n) is 43.2. The second kappa shape index (κ2) is 26.9. The number of ether oxygens (including phenoxy) is 4. The van der Waals surface area contributed by atoms with Gasteiger partial charge in [0.25, 0.3) is 11.8 Å². The highest BCUT2D eigenvalue weighted by Crippen LogP contribution is 2.46. The lowest BCUT2D eigenvalue weighted by molar-refractivity contribution is -0.125. The van der Waals surface area contributed by atoms with Gasteiger partial charge in [0.15, 0.2) is 0 Å². The zero-order chi connectivity index (χ0) is 51.1. The van der Waals surface area contributed by atoms with Crippen LogP contribution >= 0.6 is 11.9 Å². The number of pyridine rings is 1. The number of carbonyl (C=O) groups excluding carboxylic acids is 2. The molecule has 8 rings (SSSR count). The molecule has 14 nitrogen and oxygen atoms in total. The van der Waals surface area contributed by atoms with Crippen molar-refractivity contribution in [3.05, 3.63) is 114 Å². The van der Waals surface area contributed by atoms with Crippen molar-refractivity contribution in [2.45, 2.75) is 94.0 Å². The predicted octanol–water partition coefficient (Wildman–Crippen LogP) is 8.69. The lowest BCUT2D eigenvalue weighted by atomic mass is 9.86. The topological polar surface area (TPSA) is 142 Å². The van der Waals surface area contributed by atoms with E-state index in [4.69, 9.17) is 18.9 Å². The highest BCUT2D eigenvalue weighted by Gasteiger charge is 2.46. The van der Waals surface area contributed by atoms with Crippen LogP contribution in [0, 0.1) is 11.7 Å². The number of anilines is 1. The first-order valence-electron chi connectivity index (χ1n) is 26.6. The molecular weight excluding hydrogens is 944 g/mol. The first-order valence-corrected chi connectivity index (χ1v) is 27.3. The number of hydrogen-bond donors (Lipinski definition) is 4. The first kappa shape index (κ1) is 54.2. The van der Waals surface area contributed by atoms with Crippen LogP contribution in [0.3, 0.4) is 0 Å². The monoisotopic (exact) mass is 1020 g/mol. The Morgan fingerprint density at radius 2 is 1.52 bits per heavy atom. The van der Waals surface area contributed by atoms with E-state index >= 15 is 4.39 Å². The summed E-state index contributed by atoms with van der Waals surface area (Å²) in [6, 6.07) is 13.7. The molecule has 2 atom stereocenters. The summed E-state index contributed by atoms with van der Waals surface area (Å²) in [7, 11) is 3.80. The Bertz CT molecular complexity index is 2460. The number of rotatable bonds is 30. The van der Waals surface area contributed by atoms with Gasteiger partial charge in [-0.1, -0.05) is 37.9 Å². The third-order valence-electron chi connectivity index (χ3n) is 14.5. The number of aromatic nitrogens is 1. The van der Waals surface area contributed by atoms with Gasteiger partial charge in [-0.05, 0) is 131 Å². The fraction of sp³-hybridized carbons (Fsp3) is 0.526. The average Bonchev–Trinajstić information content (AvgIpc) is 4.22. The van der Waals surface area contributed by atoms with Crippen molar-refractivity contribution in [1.29, 1.82) is 0 Å². The number of halogens is 1. The number of hydrogen-bond acceptors (Lipinski definition) is 13. The Balaban J connectivity index is 0.617. The zero-order valence-corrected chi connectivity index (χ0v) is 44.0. The number of carbonyl (C=O) groups is 2. The van der Waals surface area contributed by atoms with Gasteiger partial charge in [0.05, 0.1) is 45.7 Å². The molecule has 2 unspecified atom stereocenters. The van der Waals surface area contributed by atoms with Gasteiger partial charge in [-0.25, -0.2) is 13.7 Å². The quantitative estimate of drug-likeness (QED) is 0.0374. The van der Waals surface area contributed by atoms with Crippen LogP contribution < -0.4 is 21.3 Å². The summed E-state index contributed by atoms with van der Waals surface area (Å²) < 4.78 is 41.3. The maximum absolute atomic E-state index is 15.8. The van der Waals surface area contributed by atoms with Crippen LogP contribution in [0.1, 0.15) is 86.6 Å². The largest absolute Gasteiger partial charge is 0.386 e. The van der Waals surface area contributed by atoms with E-state index in [1.54, 1.807) is 24.2 Å². The van der Waals surface area contributed by atoms with Crippen molar-refractivity contribution in [2.75, 3.05) is 105 Å². The highest BCUT2D eigenvalue weighted by molar-refractivity contribution is 7.97. The van der Waals surface area contributed by atoms with Gasteiger partial charge in [-0.2, -0.15) is 0 Å². The molecule has 4 N–H and O–H groups in total. The van der Waals surface area contributed by atoms with Crippen molar-refractivity contribution >= 4 is 29.6 Å². The summed E-state index contributed by atoms with van der Waals surface area (Å²) in [5.41, 5.74) is 9.50. The summed E-state index contributed by atoms with van der Waals surface area (Å²) in [5.74, 6) is 0.524. The summed E-state index contributed by atoms with van der Waals surface area (Å²) in [6.07, 6.45) is 13.3. The molecule has 0 bridgehead atoms. The van der Waals surface area contributed by atoms with Gasteiger partial charge in [-0.15, -0.1) is 0 Å². The molecular formula is C57H77FN8O6S. The molecule has 0 spiro atoms. The summed E-state index contributed by atoms with van der Waals surface area (Å²) in [5, 5.41) is 13.1. The smallest absolute Gasteiger partial charge is 0.256 e. The Hall–Kier alpha value is -5.07. The van der Waals surface area contributed by atoms with E-state index in [0.717, 1.165) is 147 Å². The molecule has 16 heteroatoms. The SMILES string of the molecule is C=C1CCC(N2C(=C)C3CCCC(NCCOCCCCCOCCOCCOCCNCCCN(Sc4ccc(-c5cnc(NC)c(-c6ccc7c(c6)CCNC7=O)c5)c(F)c4)C4CC4)=C3C2=O)C(=C)N1C. The van der Waals surface area contributed by atoms with Gasteiger partial charge in [0.2, 0.25) is 0 Å². The number of benzene rings is 2. The summed E-state index contributed by atoms with van der Waals surface area (Å²) in [4.78, 5) is 35.5. The van der Waals surface area contributed by atoms with E-state index in [0.29, 0.717) is 94.5 Å². The van der Waals surface area contributed by atoms with Crippen molar-refractivity contribution in [1.82, 2.24) is 35.0 Å². The number of piperidine rings is 1. The number of likely N-dealkylation sites (N-methyl/N-ethyl adjacent to an activating group) is 1. The molecule has 2 aliphatic carbocycles. The minimum Gasteiger partial charge on any atom is -0.386 e. The van der Waals surface area contributed by atoms with Crippen LogP contribution in [-0.2, 0) is 30.2 Å². The number of unbranched alkanes of at least 4 members (excludes halogenated alkanes) is 2. The molecule has 3 fully saturated rings. The number of fused-ring (bicyclic) bond motifs is 2. The van der Waals surface area contributed by atoms with E-state index < -0.39 is 0 Å². The number of allylic oxidation sites excluding steroid dienone is 3. The Labute approximate surface area is 436 Å². The summed E-state index contributed by atoms with van der Waals surface area (Å²) >= 11 is 1.64. The van der Waals surface area contributed by atoms with Gasteiger partial charge in [-0.3, -0.25) is 9.59 Å². The molecule has 2 saturated heterocycles. The van der Waals surface area contributed by atoms with Crippen molar-refractivity contribution in [2.24, 2.45) is 5.92 Å². The number of likely N-dealkylation sites (tertiary alicyclic amines) is 2. The molecule has 1 saturated carbocycles. The third kappa shape index (κ3) is 14.2. The molecule has 3 aliphatic heterocycles. The maximum Gasteiger partial charge on any atom is 0.256 e.